The fourth-order valence-corrected chi connectivity index (χ4v) is 2.90. The van der Waals surface area contributed by atoms with E-state index in [0.29, 0.717) is 26.0 Å². The Morgan fingerprint density at radius 2 is 2.09 bits per heavy atom. The number of carboxylic acids is 1. The molecular weight excluding hydrogens is 282 g/mol. The molecule has 2 N–H and O–H groups in total. The minimum atomic E-state index is -0.790. The third kappa shape index (κ3) is 4.48. The molecule has 1 fully saturated rings. The molecular formula is C17H23NO4. The third-order valence-electron chi connectivity index (χ3n) is 4.07. The van der Waals surface area contributed by atoms with Crippen LogP contribution in [0, 0.1) is 11.8 Å². The minimum Gasteiger partial charge on any atom is -0.494 e. The van der Waals surface area contributed by atoms with Crippen molar-refractivity contribution in [1.82, 2.24) is 5.32 Å². The molecule has 1 aliphatic rings. The summed E-state index contributed by atoms with van der Waals surface area (Å²) in [6.45, 7) is 2.97. The highest BCUT2D eigenvalue weighted by Crippen LogP contribution is 2.29. The van der Waals surface area contributed by atoms with Gasteiger partial charge in [-0.3, -0.25) is 9.59 Å². The predicted molar refractivity (Wildman–Crippen MR) is 82.5 cm³/mol. The van der Waals surface area contributed by atoms with Gasteiger partial charge in [-0.2, -0.15) is 0 Å². The number of amides is 1. The topological polar surface area (TPSA) is 75.6 Å². The summed E-state index contributed by atoms with van der Waals surface area (Å²) >= 11 is 0. The Balaban J connectivity index is 1.87. The molecule has 1 aliphatic carbocycles. The van der Waals surface area contributed by atoms with Gasteiger partial charge in [0.15, 0.2) is 0 Å². The average Bonchev–Trinajstić information content (AvgIpc) is 2.53. The Kier molecular flexibility index (Phi) is 5.81. The molecule has 0 spiro atoms. The standard InChI is InChI=1S/C17H23NO4/c1-2-22-15-8-3-5-12(9-15)11-18-16(19)13-6-4-7-14(10-13)17(20)21/h3,5,8-9,13-14H,2,4,6-7,10-11H2,1H3,(H,18,19)(H,20,21). The summed E-state index contributed by atoms with van der Waals surface area (Å²) in [4.78, 5) is 23.3. The van der Waals surface area contributed by atoms with Gasteiger partial charge in [0.2, 0.25) is 5.91 Å². The van der Waals surface area contributed by atoms with Gasteiger partial charge in [0.1, 0.15) is 5.75 Å². The smallest absolute Gasteiger partial charge is 0.306 e. The predicted octanol–water partition coefficient (Wildman–Crippen LogP) is 2.59. The van der Waals surface area contributed by atoms with Gasteiger partial charge in [0.05, 0.1) is 12.5 Å². The highest BCUT2D eigenvalue weighted by atomic mass is 16.5. The number of ether oxygens (including phenoxy) is 1. The van der Waals surface area contributed by atoms with E-state index in [1.165, 1.54) is 0 Å². The van der Waals surface area contributed by atoms with E-state index in [2.05, 4.69) is 5.32 Å². The van der Waals surface area contributed by atoms with Crippen LogP contribution in [0.15, 0.2) is 24.3 Å². The van der Waals surface area contributed by atoms with Gasteiger partial charge in [0.25, 0.3) is 0 Å². The van der Waals surface area contributed by atoms with E-state index in [1.807, 2.05) is 31.2 Å². The maximum absolute atomic E-state index is 12.2. The number of carbonyl (C=O) groups excluding carboxylic acids is 1. The van der Waals surface area contributed by atoms with Gasteiger partial charge in [0, 0.05) is 12.5 Å². The molecule has 0 aliphatic heterocycles. The molecule has 2 rings (SSSR count). The van der Waals surface area contributed by atoms with E-state index in [-0.39, 0.29) is 17.7 Å². The van der Waals surface area contributed by atoms with E-state index < -0.39 is 5.97 Å². The van der Waals surface area contributed by atoms with Crippen molar-refractivity contribution in [3.05, 3.63) is 29.8 Å². The number of aliphatic carboxylic acids is 1. The maximum Gasteiger partial charge on any atom is 0.306 e. The molecule has 1 saturated carbocycles. The quantitative estimate of drug-likeness (QED) is 0.847. The average molecular weight is 305 g/mol. The lowest BCUT2D eigenvalue weighted by Crippen LogP contribution is -2.35. The first kappa shape index (κ1) is 16.3. The lowest BCUT2D eigenvalue weighted by Gasteiger charge is -2.25. The van der Waals surface area contributed by atoms with Crippen LogP contribution in [-0.2, 0) is 16.1 Å². The molecule has 0 aromatic heterocycles. The first-order valence-corrected chi connectivity index (χ1v) is 7.82. The van der Waals surface area contributed by atoms with Crippen LogP contribution in [0.1, 0.15) is 38.2 Å². The van der Waals surface area contributed by atoms with Crippen LogP contribution in [0.25, 0.3) is 0 Å². The third-order valence-corrected chi connectivity index (χ3v) is 4.07. The van der Waals surface area contributed by atoms with Gasteiger partial charge in [-0.05, 0) is 43.9 Å². The van der Waals surface area contributed by atoms with Crippen LogP contribution in [0.4, 0.5) is 0 Å². The normalized spacial score (nSPS) is 21.1. The molecule has 1 aromatic carbocycles. The highest BCUT2D eigenvalue weighted by molar-refractivity contribution is 5.80. The van der Waals surface area contributed by atoms with Crippen LogP contribution in [0.2, 0.25) is 0 Å². The molecule has 1 amide bonds. The van der Waals surface area contributed by atoms with Crippen molar-refractivity contribution in [2.75, 3.05) is 6.61 Å². The SMILES string of the molecule is CCOc1cccc(CNC(=O)C2CCCC(C(=O)O)C2)c1. The molecule has 0 radical (unpaired) electrons. The first-order chi connectivity index (χ1) is 10.6. The highest BCUT2D eigenvalue weighted by Gasteiger charge is 2.30. The van der Waals surface area contributed by atoms with Gasteiger partial charge in [-0.15, -0.1) is 0 Å². The van der Waals surface area contributed by atoms with Crippen molar-refractivity contribution < 1.29 is 19.4 Å². The van der Waals surface area contributed by atoms with Gasteiger partial charge in [-0.1, -0.05) is 18.6 Å². The zero-order valence-corrected chi connectivity index (χ0v) is 12.9. The summed E-state index contributed by atoms with van der Waals surface area (Å²) in [5.74, 6) is -0.622. The molecule has 0 bridgehead atoms. The van der Waals surface area contributed by atoms with Gasteiger partial charge < -0.3 is 15.2 Å². The molecule has 5 nitrogen and oxygen atoms in total. The van der Waals surface area contributed by atoms with Crippen LogP contribution in [0.3, 0.4) is 0 Å². The monoisotopic (exact) mass is 305 g/mol. The lowest BCUT2D eigenvalue weighted by atomic mass is 9.81. The van der Waals surface area contributed by atoms with Crippen molar-refractivity contribution in [2.24, 2.45) is 11.8 Å². The Bertz CT molecular complexity index is 529. The zero-order chi connectivity index (χ0) is 15.9. The second kappa shape index (κ2) is 7.82. The Morgan fingerprint density at radius 1 is 1.32 bits per heavy atom. The van der Waals surface area contributed by atoms with Crippen LogP contribution in [-0.4, -0.2) is 23.6 Å². The second-order valence-electron chi connectivity index (χ2n) is 5.70. The van der Waals surface area contributed by atoms with E-state index in [1.54, 1.807) is 0 Å². The molecule has 22 heavy (non-hydrogen) atoms. The largest absolute Gasteiger partial charge is 0.494 e. The van der Waals surface area contributed by atoms with E-state index in [9.17, 15) is 9.59 Å². The van der Waals surface area contributed by atoms with E-state index in [4.69, 9.17) is 9.84 Å². The first-order valence-electron chi connectivity index (χ1n) is 7.82. The Labute approximate surface area is 130 Å². The van der Waals surface area contributed by atoms with Crippen molar-refractivity contribution >= 4 is 11.9 Å². The van der Waals surface area contributed by atoms with Crippen LogP contribution >= 0.6 is 0 Å². The fourth-order valence-electron chi connectivity index (χ4n) is 2.90. The molecule has 1 aromatic rings. The minimum absolute atomic E-state index is 0.0484. The zero-order valence-electron chi connectivity index (χ0n) is 12.9. The van der Waals surface area contributed by atoms with E-state index >= 15 is 0 Å². The molecule has 120 valence electrons. The summed E-state index contributed by atoms with van der Waals surface area (Å²) in [6.07, 6.45) is 2.69. The summed E-state index contributed by atoms with van der Waals surface area (Å²) in [5, 5.41) is 12.0. The van der Waals surface area contributed by atoms with Crippen molar-refractivity contribution in [1.29, 1.82) is 0 Å². The lowest BCUT2D eigenvalue weighted by molar-refractivity contribution is -0.144. The number of rotatable bonds is 6. The molecule has 0 saturated heterocycles. The summed E-state index contributed by atoms with van der Waals surface area (Å²) in [6, 6.07) is 7.62. The van der Waals surface area contributed by atoms with E-state index in [0.717, 1.165) is 24.2 Å². The number of carboxylic acid groups (broad SMARTS) is 1. The number of carbonyl (C=O) groups is 2. The number of benzene rings is 1. The molecule has 5 heteroatoms. The summed E-state index contributed by atoms with van der Waals surface area (Å²) in [5.41, 5.74) is 0.977. The van der Waals surface area contributed by atoms with Gasteiger partial charge >= 0.3 is 5.97 Å². The molecule has 0 heterocycles. The number of hydrogen-bond acceptors (Lipinski definition) is 3. The number of nitrogens with one attached hydrogen (secondary N) is 1. The van der Waals surface area contributed by atoms with Crippen LogP contribution < -0.4 is 10.1 Å². The van der Waals surface area contributed by atoms with Gasteiger partial charge in [-0.25, -0.2) is 0 Å². The van der Waals surface area contributed by atoms with Crippen LogP contribution in [0.5, 0.6) is 5.75 Å². The Hall–Kier alpha value is -2.04. The summed E-state index contributed by atoms with van der Waals surface area (Å²) < 4.78 is 5.43. The maximum atomic E-state index is 12.2. The fraction of sp³-hybridized carbons (Fsp3) is 0.529. The Morgan fingerprint density at radius 3 is 2.82 bits per heavy atom. The molecule has 2 atom stereocenters. The second-order valence-corrected chi connectivity index (χ2v) is 5.70. The summed E-state index contributed by atoms with van der Waals surface area (Å²) in [7, 11) is 0. The van der Waals surface area contributed by atoms with Crippen molar-refractivity contribution in [2.45, 2.75) is 39.2 Å². The van der Waals surface area contributed by atoms with Crippen molar-refractivity contribution in [3.63, 3.8) is 0 Å². The molecule has 2 unspecified atom stereocenters. The number of hydrogen-bond donors (Lipinski definition) is 2. The van der Waals surface area contributed by atoms with Crippen molar-refractivity contribution in [3.8, 4) is 5.75 Å².